The van der Waals surface area contributed by atoms with E-state index in [0.29, 0.717) is 28.0 Å². The van der Waals surface area contributed by atoms with Gasteiger partial charge in [-0.1, -0.05) is 17.7 Å². The number of benzene rings is 3. The first-order chi connectivity index (χ1) is 15.7. The van der Waals surface area contributed by atoms with Gasteiger partial charge in [0.05, 0.1) is 24.8 Å². The Hall–Kier alpha value is -3.43. The molecule has 0 fully saturated rings. The SMILES string of the molecule is COc1ccc(OC)c(NS(=O)(=O)c2ccc(NC(=O)C(C)Oc3cccc(Cl)c3)cc2)c1. The Kier molecular flexibility index (Phi) is 7.67. The number of carbonyl (C=O) groups excluding carboxylic acids is 1. The summed E-state index contributed by atoms with van der Waals surface area (Å²) in [6.07, 6.45) is -0.797. The number of amides is 1. The van der Waals surface area contributed by atoms with E-state index < -0.39 is 22.0 Å². The van der Waals surface area contributed by atoms with Crippen molar-refractivity contribution in [2.75, 3.05) is 24.3 Å². The van der Waals surface area contributed by atoms with E-state index in [0.717, 1.165) is 0 Å². The maximum absolute atomic E-state index is 12.8. The van der Waals surface area contributed by atoms with Crippen molar-refractivity contribution in [3.8, 4) is 17.2 Å². The van der Waals surface area contributed by atoms with Gasteiger partial charge in [-0.25, -0.2) is 8.42 Å². The molecule has 0 aliphatic heterocycles. The van der Waals surface area contributed by atoms with Gasteiger partial charge in [0.25, 0.3) is 15.9 Å². The van der Waals surface area contributed by atoms with Gasteiger partial charge in [-0.3, -0.25) is 9.52 Å². The first-order valence-electron chi connectivity index (χ1n) is 9.80. The van der Waals surface area contributed by atoms with E-state index in [4.69, 9.17) is 25.8 Å². The second kappa shape index (κ2) is 10.5. The number of halogens is 1. The van der Waals surface area contributed by atoms with Crippen LogP contribution in [0.1, 0.15) is 6.92 Å². The van der Waals surface area contributed by atoms with Gasteiger partial charge in [0.2, 0.25) is 0 Å². The van der Waals surface area contributed by atoms with Crippen molar-refractivity contribution in [2.24, 2.45) is 0 Å². The molecule has 8 nitrogen and oxygen atoms in total. The maximum atomic E-state index is 12.8. The lowest BCUT2D eigenvalue weighted by atomic mass is 10.3. The van der Waals surface area contributed by atoms with Crippen molar-refractivity contribution < 1.29 is 27.4 Å². The molecule has 0 aliphatic rings. The van der Waals surface area contributed by atoms with Crippen molar-refractivity contribution >= 4 is 38.9 Å². The molecule has 0 spiro atoms. The smallest absolute Gasteiger partial charge is 0.265 e. The summed E-state index contributed by atoms with van der Waals surface area (Å²) in [4.78, 5) is 12.4. The van der Waals surface area contributed by atoms with Crippen LogP contribution in [0.4, 0.5) is 11.4 Å². The Morgan fingerprint density at radius 1 is 0.939 bits per heavy atom. The lowest BCUT2D eigenvalue weighted by molar-refractivity contribution is -0.122. The second-order valence-corrected chi connectivity index (χ2v) is 9.02. The third kappa shape index (κ3) is 6.30. The van der Waals surface area contributed by atoms with Gasteiger partial charge < -0.3 is 19.5 Å². The first kappa shape index (κ1) is 24.2. The molecule has 3 aromatic rings. The minimum absolute atomic E-state index is 0.00796. The summed E-state index contributed by atoms with van der Waals surface area (Å²) in [5, 5.41) is 3.19. The van der Waals surface area contributed by atoms with Crippen molar-refractivity contribution in [1.29, 1.82) is 0 Å². The van der Waals surface area contributed by atoms with E-state index in [9.17, 15) is 13.2 Å². The number of sulfonamides is 1. The van der Waals surface area contributed by atoms with Crippen LogP contribution in [0.3, 0.4) is 0 Å². The number of rotatable bonds is 9. The molecule has 0 saturated heterocycles. The van der Waals surface area contributed by atoms with Crippen LogP contribution in [0.15, 0.2) is 71.6 Å². The van der Waals surface area contributed by atoms with Crippen LogP contribution >= 0.6 is 11.6 Å². The minimum atomic E-state index is -3.91. The number of carbonyl (C=O) groups is 1. The molecule has 1 amide bonds. The van der Waals surface area contributed by atoms with Gasteiger partial charge in [0.1, 0.15) is 17.2 Å². The number of nitrogens with one attached hydrogen (secondary N) is 2. The molecular formula is C23H23ClN2O6S. The molecular weight excluding hydrogens is 468 g/mol. The molecule has 1 unspecified atom stereocenters. The summed E-state index contributed by atoms with van der Waals surface area (Å²) < 4.78 is 44.1. The van der Waals surface area contributed by atoms with Gasteiger partial charge in [-0.15, -0.1) is 0 Å². The highest BCUT2D eigenvalue weighted by Gasteiger charge is 2.19. The molecule has 0 aromatic heterocycles. The van der Waals surface area contributed by atoms with Crippen LogP contribution in [0.5, 0.6) is 17.2 Å². The largest absolute Gasteiger partial charge is 0.497 e. The first-order valence-corrected chi connectivity index (χ1v) is 11.7. The molecule has 2 N–H and O–H groups in total. The monoisotopic (exact) mass is 490 g/mol. The number of anilines is 2. The topological polar surface area (TPSA) is 103 Å². The number of ether oxygens (including phenoxy) is 3. The lowest BCUT2D eigenvalue weighted by Gasteiger charge is -2.15. The molecule has 10 heteroatoms. The molecule has 0 radical (unpaired) electrons. The van der Waals surface area contributed by atoms with E-state index in [-0.39, 0.29) is 10.6 Å². The standard InChI is InChI=1S/C23H23ClN2O6S/c1-15(32-19-6-4-5-16(24)13-19)23(27)25-17-7-10-20(11-8-17)33(28,29)26-21-14-18(30-2)9-12-22(21)31-3/h4-15,26H,1-3H3,(H,25,27). The number of hydrogen-bond acceptors (Lipinski definition) is 6. The number of hydrogen-bond donors (Lipinski definition) is 2. The van der Waals surface area contributed by atoms with E-state index >= 15 is 0 Å². The fraction of sp³-hybridized carbons (Fsp3) is 0.174. The van der Waals surface area contributed by atoms with Crippen molar-refractivity contribution in [3.63, 3.8) is 0 Å². The molecule has 0 saturated carbocycles. The van der Waals surface area contributed by atoms with Gasteiger partial charge in [0, 0.05) is 16.8 Å². The average molecular weight is 491 g/mol. The van der Waals surface area contributed by atoms with Gasteiger partial charge in [-0.2, -0.15) is 0 Å². The third-order valence-electron chi connectivity index (χ3n) is 4.56. The Balaban J connectivity index is 1.68. The number of methoxy groups -OCH3 is 2. The van der Waals surface area contributed by atoms with Crippen LogP contribution < -0.4 is 24.2 Å². The van der Waals surface area contributed by atoms with E-state index in [2.05, 4.69) is 10.0 Å². The molecule has 0 aliphatic carbocycles. The Bertz CT molecular complexity index is 1230. The van der Waals surface area contributed by atoms with E-state index in [1.165, 1.54) is 44.6 Å². The molecule has 3 aromatic carbocycles. The highest BCUT2D eigenvalue weighted by atomic mass is 35.5. The third-order valence-corrected chi connectivity index (χ3v) is 6.18. The second-order valence-electron chi connectivity index (χ2n) is 6.90. The van der Waals surface area contributed by atoms with E-state index in [1.54, 1.807) is 43.3 Å². The summed E-state index contributed by atoms with van der Waals surface area (Å²) in [6.45, 7) is 1.60. The zero-order valence-corrected chi connectivity index (χ0v) is 19.7. The van der Waals surface area contributed by atoms with Crippen molar-refractivity contribution in [1.82, 2.24) is 0 Å². The predicted octanol–water partition coefficient (Wildman–Crippen LogP) is 4.56. The van der Waals surface area contributed by atoms with Crippen LogP contribution in [-0.2, 0) is 14.8 Å². The predicted molar refractivity (Wildman–Crippen MR) is 127 cm³/mol. The molecule has 1 atom stereocenters. The Labute approximate surface area is 197 Å². The fourth-order valence-electron chi connectivity index (χ4n) is 2.86. The Morgan fingerprint density at radius 2 is 1.67 bits per heavy atom. The van der Waals surface area contributed by atoms with Gasteiger partial charge >= 0.3 is 0 Å². The van der Waals surface area contributed by atoms with Crippen LogP contribution in [0.2, 0.25) is 5.02 Å². The Morgan fingerprint density at radius 3 is 2.30 bits per heavy atom. The van der Waals surface area contributed by atoms with Crippen molar-refractivity contribution in [3.05, 3.63) is 71.8 Å². The molecule has 174 valence electrons. The molecule has 0 bridgehead atoms. The van der Waals surface area contributed by atoms with Crippen LogP contribution in [0.25, 0.3) is 0 Å². The fourth-order valence-corrected chi connectivity index (χ4v) is 4.10. The average Bonchev–Trinajstić information content (AvgIpc) is 2.79. The highest BCUT2D eigenvalue weighted by molar-refractivity contribution is 7.92. The summed E-state index contributed by atoms with van der Waals surface area (Å²) in [7, 11) is -0.994. The normalized spacial score (nSPS) is 11.9. The molecule has 3 rings (SSSR count). The zero-order valence-electron chi connectivity index (χ0n) is 18.2. The van der Waals surface area contributed by atoms with Crippen LogP contribution in [0, 0.1) is 0 Å². The zero-order chi connectivity index (χ0) is 24.0. The summed E-state index contributed by atoms with van der Waals surface area (Å²) in [5.74, 6) is 0.882. The summed E-state index contributed by atoms with van der Waals surface area (Å²) >= 11 is 5.92. The highest BCUT2D eigenvalue weighted by Crippen LogP contribution is 2.31. The summed E-state index contributed by atoms with van der Waals surface area (Å²) in [5.41, 5.74) is 0.653. The van der Waals surface area contributed by atoms with Crippen LogP contribution in [-0.4, -0.2) is 34.6 Å². The van der Waals surface area contributed by atoms with Gasteiger partial charge in [-0.05, 0) is 61.5 Å². The minimum Gasteiger partial charge on any atom is -0.497 e. The molecule has 33 heavy (non-hydrogen) atoms. The molecule has 0 heterocycles. The quantitative estimate of drug-likeness (QED) is 0.455. The summed E-state index contributed by atoms with van der Waals surface area (Å²) in [6, 6.07) is 17.2. The van der Waals surface area contributed by atoms with E-state index in [1.807, 2.05) is 0 Å². The maximum Gasteiger partial charge on any atom is 0.265 e. The lowest BCUT2D eigenvalue weighted by Crippen LogP contribution is -2.30. The van der Waals surface area contributed by atoms with Crippen molar-refractivity contribution in [2.45, 2.75) is 17.9 Å². The van der Waals surface area contributed by atoms with Gasteiger partial charge in [0.15, 0.2) is 6.10 Å².